The maximum absolute atomic E-state index is 12.4. The van der Waals surface area contributed by atoms with Crippen LogP contribution in [0, 0.1) is 0 Å². The second kappa shape index (κ2) is 6.53. The third-order valence-electron chi connectivity index (χ3n) is 3.33. The lowest BCUT2D eigenvalue weighted by Gasteiger charge is -2.16. The first-order valence-corrected chi connectivity index (χ1v) is 7.79. The molecule has 0 aliphatic heterocycles. The molecule has 0 spiro atoms. The van der Waals surface area contributed by atoms with Crippen molar-refractivity contribution >= 4 is 17.2 Å². The lowest BCUT2D eigenvalue weighted by molar-refractivity contribution is 0.0786. The van der Waals surface area contributed by atoms with Crippen molar-refractivity contribution < 1.29 is 4.79 Å². The van der Waals surface area contributed by atoms with Crippen molar-refractivity contribution in [3.8, 4) is 0 Å². The van der Waals surface area contributed by atoms with Crippen LogP contribution < -0.4 is 0 Å². The van der Waals surface area contributed by atoms with Gasteiger partial charge in [-0.15, -0.1) is 11.3 Å². The van der Waals surface area contributed by atoms with Crippen LogP contribution in [-0.2, 0) is 13.1 Å². The molecule has 6 heteroatoms. The summed E-state index contributed by atoms with van der Waals surface area (Å²) in [6.07, 6.45) is 3.19. The van der Waals surface area contributed by atoms with Gasteiger partial charge in [-0.3, -0.25) is 4.79 Å². The highest BCUT2D eigenvalue weighted by Gasteiger charge is 2.12. The van der Waals surface area contributed by atoms with Gasteiger partial charge in [0.1, 0.15) is 12.7 Å². The van der Waals surface area contributed by atoms with E-state index in [1.165, 1.54) is 11.2 Å². The number of thiophene rings is 1. The minimum Gasteiger partial charge on any atom is -0.337 e. The van der Waals surface area contributed by atoms with Crippen LogP contribution in [0.1, 0.15) is 20.8 Å². The summed E-state index contributed by atoms with van der Waals surface area (Å²) in [6, 6.07) is 11.7. The zero-order valence-electron chi connectivity index (χ0n) is 12.2. The van der Waals surface area contributed by atoms with Crippen LogP contribution in [0.5, 0.6) is 0 Å². The molecule has 0 bridgehead atoms. The fourth-order valence-corrected chi connectivity index (χ4v) is 2.94. The van der Waals surface area contributed by atoms with Crippen molar-refractivity contribution in [3.63, 3.8) is 0 Å². The summed E-state index contributed by atoms with van der Waals surface area (Å²) in [7, 11) is 1.82. The van der Waals surface area contributed by atoms with Gasteiger partial charge in [-0.25, -0.2) is 9.67 Å². The van der Waals surface area contributed by atoms with Crippen molar-refractivity contribution in [1.82, 2.24) is 19.7 Å². The normalized spacial score (nSPS) is 10.6. The first-order valence-electron chi connectivity index (χ1n) is 6.91. The molecule has 1 aromatic carbocycles. The fourth-order valence-electron chi connectivity index (χ4n) is 2.18. The quantitative estimate of drug-likeness (QED) is 0.728. The summed E-state index contributed by atoms with van der Waals surface area (Å²) >= 11 is 1.66. The number of hydrogen-bond acceptors (Lipinski definition) is 4. The predicted octanol–water partition coefficient (Wildman–Crippen LogP) is 2.66. The molecule has 112 valence electrons. The topological polar surface area (TPSA) is 51.0 Å². The van der Waals surface area contributed by atoms with Crippen LogP contribution in [0.2, 0.25) is 0 Å². The molecular weight excluding hydrogens is 296 g/mol. The number of nitrogens with zero attached hydrogens (tertiary/aromatic N) is 4. The van der Waals surface area contributed by atoms with Crippen molar-refractivity contribution in [1.29, 1.82) is 0 Å². The fraction of sp³-hybridized carbons (Fsp3) is 0.188. The molecule has 0 atom stereocenters. The van der Waals surface area contributed by atoms with E-state index < -0.39 is 0 Å². The van der Waals surface area contributed by atoms with Gasteiger partial charge in [0.15, 0.2) is 0 Å². The highest BCUT2D eigenvalue weighted by Crippen LogP contribution is 2.14. The Labute approximate surface area is 132 Å². The molecule has 3 rings (SSSR count). The number of carbonyl (C=O) groups excluding carboxylic acids is 1. The van der Waals surface area contributed by atoms with Gasteiger partial charge in [-0.2, -0.15) is 5.10 Å². The van der Waals surface area contributed by atoms with Crippen LogP contribution in [0.4, 0.5) is 0 Å². The van der Waals surface area contributed by atoms with E-state index in [1.54, 1.807) is 27.2 Å². The lowest BCUT2D eigenvalue weighted by Crippen LogP contribution is -2.25. The summed E-state index contributed by atoms with van der Waals surface area (Å²) in [4.78, 5) is 19.2. The van der Waals surface area contributed by atoms with Gasteiger partial charge in [0.05, 0.1) is 13.1 Å². The van der Waals surface area contributed by atoms with Crippen molar-refractivity contribution in [2.75, 3.05) is 7.05 Å². The van der Waals surface area contributed by atoms with Gasteiger partial charge in [-0.05, 0) is 29.1 Å². The van der Waals surface area contributed by atoms with E-state index in [0.29, 0.717) is 18.7 Å². The van der Waals surface area contributed by atoms with Crippen LogP contribution in [0.3, 0.4) is 0 Å². The molecule has 2 heterocycles. The average molecular weight is 312 g/mol. The van der Waals surface area contributed by atoms with E-state index in [4.69, 9.17) is 0 Å². The monoisotopic (exact) mass is 312 g/mol. The number of aromatic nitrogens is 3. The van der Waals surface area contributed by atoms with Gasteiger partial charge < -0.3 is 4.90 Å². The van der Waals surface area contributed by atoms with E-state index in [0.717, 1.165) is 5.56 Å². The first-order chi connectivity index (χ1) is 10.7. The highest BCUT2D eigenvalue weighted by molar-refractivity contribution is 7.09. The molecule has 0 aliphatic rings. The average Bonchev–Trinajstić information content (AvgIpc) is 3.21. The van der Waals surface area contributed by atoms with E-state index in [1.807, 2.05) is 48.8 Å². The summed E-state index contributed by atoms with van der Waals surface area (Å²) in [5, 5.41) is 6.09. The second-order valence-corrected chi connectivity index (χ2v) is 6.06. The first kappa shape index (κ1) is 14.5. The standard InChI is InChI=1S/C16H16N4OS/c1-19(10-15-3-2-8-22-15)16(21)14-6-4-13(5-7-14)9-20-12-17-11-18-20/h2-8,11-12H,9-10H2,1H3. The number of carbonyl (C=O) groups is 1. The van der Waals surface area contributed by atoms with Gasteiger partial charge >= 0.3 is 0 Å². The minimum atomic E-state index is 0.0284. The molecule has 0 saturated heterocycles. The zero-order chi connectivity index (χ0) is 15.4. The zero-order valence-corrected chi connectivity index (χ0v) is 13.0. The van der Waals surface area contributed by atoms with E-state index in [2.05, 4.69) is 10.1 Å². The summed E-state index contributed by atoms with van der Waals surface area (Å²) in [6.45, 7) is 1.29. The van der Waals surface area contributed by atoms with E-state index in [9.17, 15) is 4.79 Å². The number of hydrogen-bond donors (Lipinski definition) is 0. The molecule has 0 aliphatic carbocycles. The van der Waals surface area contributed by atoms with Crippen molar-refractivity contribution in [2.45, 2.75) is 13.1 Å². The molecule has 0 N–H and O–H groups in total. The predicted molar refractivity (Wildman–Crippen MR) is 85.7 cm³/mol. The van der Waals surface area contributed by atoms with Gasteiger partial charge in [0, 0.05) is 17.5 Å². The number of rotatable bonds is 5. The second-order valence-electron chi connectivity index (χ2n) is 5.03. The SMILES string of the molecule is CN(Cc1cccs1)C(=O)c1ccc(Cn2cncn2)cc1. The smallest absolute Gasteiger partial charge is 0.253 e. The molecule has 0 fully saturated rings. The Morgan fingerprint density at radius 1 is 1.27 bits per heavy atom. The van der Waals surface area contributed by atoms with E-state index >= 15 is 0 Å². The molecular formula is C16H16N4OS. The molecule has 0 radical (unpaired) electrons. The van der Waals surface area contributed by atoms with Crippen LogP contribution in [-0.4, -0.2) is 32.6 Å². The molecule has 22 heavy (non-hydrogen) atoms. The highest BCUT2D eigenvalue weighted by atomic mass is 32.1. The van der Waals surface area contributed by atoms with Crippen molar-refractivity contribution in [3.05, 3.63) is 70.4 Å². The molecule has 0 saturated carbocycles. The van der Waals surface area contributed by atoms with Crippen LogP contribution in [0.15, 0.2) is 54.4 Å². The van der Waals surface area contributed by atoms with Gasteiger partial charge in [-0.1, -0.05) is 18.2 Å². The Morgan fingerprint density at radius 2 is 2.09 bits per heavy atom. The molecule has 5 nitrogen and oxygen atoms in total. The largest absolute Gasteiger partial charge is 0.337 e. The number of benzene rings is 1. The number of amides is 1. The Balaban J connectivity index is 1.65. The molecule has 3 aromatic rings. The van der Waals surface area contributed by atoms with Crippen LogP contribution in [0.25, 0.3) is 0 Å². The molecule has 0 unspecified atom stereocenters. The van der Waals surface area contributed by atoms with Gasteiger partial charge in [0.25, 0.3) is 5.91 Å². The Hall–Kier alpha value is -2.47. The Bertz CT molecular complexity index is 720. The summed E-state index contributed by atoms with van der Waals surface area (Å²) in [5.74, 6) is 0.0284. The summed E-state index contributed by atoms with van der Waals surface area (Å²) in [5.41, 5.74) is 1.78. The third kappa shape index (κ3) is 3.40. The summed E-state index contributed by atoms with van der Waals surface area (Å²) < 4.78 is 1.75. The molecule has 1 amide bonds. The van der Waals surface area contributed by atoms with E-state index in [-0.39, 0.29) is 5.91 Å². The Morgan fingerprint density at radius 3 is 2.73 bits per heavy atom. The van der Waals surface area contributed by atoms with Crippen LogP contribution >= 0.6 is 11.3 Å². The maximum Gasteiger partial charge on any atom is 0.253 e. The third-order valence-corrected chi connectivity index (χ3v) is 4.19. The lowest BCUT2D eigenvalue weighted by atomic mass is 10.1. The minimum absolute atomic E-state index is 0.0284. The molecule has 2 aromatic heterocycles. The Kier molecular flexibility index (Phi) is 4.29. The maximum atomic E-state index is 12.4. The van der Waals surface area contributed by atoms with Gasteiger partial charge in [0.2, 0.25) is 0 Å². The van der Waals surface area contributed by atoms with Crippen molar-refractivity contribution in [2.24, 2.45) is 0 Å².